The number of thioether (sulfide) groups is 1. The average molecular weight is 447 g/mol. The number of ether oxygens (including phenoxy) is 1. The van der Waals surface area contributed by atoms with Crippen LogP contribution in [0, 0.1) is 5.82 Å². The maximum Gasteiger partial charge on any atom is 0.242 e. The molecule has 0 bridgehead atoms. The molecule has 168 valence electrons. The molecule has 2 aromatic carbocycles. The summed E-state index contributed by atoms with van der Waals surface area (Å²) in [5.74, 6) is 0.800. The first-order valence-corrected chi connectivity index (χ1v) is 11.5. The molecule has 31 heavy (non-hydrogen) atoms. The summed E-state index contributed by atoms with van der Waals surface area (Å²) in [6.45, 7) is 5.63. The molecule has 0 saturated carbocycles. The fourth-order valence-corrected chi connectivity index (χ4v) is 3.79. The minimum absolute atomic E-state index is 0.00445. The van der Waals surface area contributed by atoms with Crippen LogP contribution in [0.15, 0.2) is 48.5 Å². The van der Waals surface area contributed by atoms with E-state index in [0.29, 0.717) is 11.3 Å². The number of methoxy groups -OCH3 is 1. The molecular weight excluding hydrogens is 415 g/mol. The fourth-order valence-electron chi connectivity index (χ4n) is 2.92. The summed E-state index contributed by atoms with van der Waals surface area (Å²) in [6, 6.07) is 13.3. The van der Waals surface area contributed by atoms with Crippen molar-refractivity contribution in [1.82, 2.24) is 10.2 Å². The Labute approximate surface area is 188 Å². The molecular formula is C24H31FN2O3S. The number of amides is 2. The van der Waals surface area contributed by atoms with E-state index in [1.54, 1.807) is 32.2 Å². The predicted molar refractivity (Wildman–Crippen MR) is 123 cm³/mol. The molecule has 0 aliphatic carbocycles. The van der Waals surface area contributed by atoms with Crippen molar-refractivity contribution in [2.24, 2.45) is 0 Å². The quantitative estimate of drug-likeness (QED) is 0.556. The number of carbonyl (C=O) groups excluding carboxylic acids is 2. The van der Waals surface area contributed by atoms with Gasteiger partial charge in [0, 0.05) is 23.9 Å². The van der Waals surface area contributed by atoms with Crippen LogP contribution >= 0.6 is 11.8 Å². The number of carbonyl (C=O) groups is 2. The summed E-state index contributed by atoms with van der Waals surface area (Å²) in [5, 5.41) is 2.91. The SMILES string of the molecule is CC[C@H](C)NC(=O)[C@@H](C)N(Cc1ccccc1F)C(=O)CSCc1ccc(OC)cc1. The van der Waals surface area contributed by atoms with Crippen molar-refractivity contribution in [3.05, 3.63) is 65.5 Å². The van der Waals surface area contributed by atoms with Crippen molar-refractivity contribution < 1.29 is 18.7 Å². The Morgan fingerprint density at radius 1 is 1.13 bits per heavy atom. The summed E-state index contributed by atoms with van der Waals surface area (Å²) < 4.78 is 19.4. The summed E-state index contributed by atoms with van der Waals surface area (Å²) in [4.78, 5) is 27.2. The third-order valence-electron chi connectivity index (χ3n) is 5.12. The largest absolute Gasteiger partial charge is 0.497 e. The van der Waals surface area contributed by atoms with Crippen LogP contribution in [0.2, 0.25) is 0 Å². The van der Waals surface area contributed by atoms with E-state index in [2.05, 4.69) is 5.32 Å². The predicted octanol–water partition coefficient (Wildman–Crippen LogP) is 4.40. The first-order chi connectivity index (χ1) is 14.8. The lowest BCUT2D eigenvalue weighted by molar-refractivity contribution is -0.139. The van der Waals surface area contributed by atoms with Crippen LogP contribution in [0.5, 0.6) is 5.75 Å². The van der Waals surface area contributed by atoms with Crippen LogP contribution in [-0.2, 0) is 21.9 Å². The molecule has 0 aromatic heterocycles. The number of hydrogen-bond donors (Lipinski definition) is 1. The van der Waals surface area contributed by atoms with E-state index in [1.165, 1.54) is 22.7 Å². The van der Waals surface area contributed by atoms with E-state index < -0.39 is 6.04 Å². The van der Waals surface area contributed by atoms with Gasteiger partial charge in [-0.1, -0.05) is 37.3 Å². The van der Waals surface area contributed by atoms with Crippen LogP contribution in [0.1, 0.15) is 38.3 Å². The van der Waals surface area contributed by atoms with Crippen LogP contribution in [0.3, 0.4) is 0 Å². The van der Waals surface area contributed by atoms with Crippen molar-refractivity contribution in [3.63, 3.8) is 0 Å². The Morgan fingerprint density at radius 2 is 1.81 bits per heavy atom. The van der Waals surface area contributed by atoms with Gasteiger partial charge in [-0.2, -0.15) is 0 Å². The molecule has 0 aliphatic rings. The van der Waals surface area contributed by atoms with Crippen molar-refractivity contribution in [2.75, 3.05) is 12.9 Å². The number of hydrogen-bond acceptors (Lipinski definition) is 4. The monoisotopic (exact) mass is 446 g/mol. The zero-order valence-electron chi connectivity index (χ0n) is 18.6. The lowest BCUT2D eigenvalue weighted by atomic mass is 10.1. The number of nitrogens with one attached hydrogen (secondary N) is 1. The minimum Gasteiger partial charge on any atom is -0.497 e. The average Bonchev–Trinajstić information content (AvgIpc) is 2.78. The van der Waals surface area contributed by atoms with E-state index in [-0.39, 0.29) is 36.0 Å². The molecule has 2 atom stereocenters. The molecule has 0 spiro atoms. The van der Waals surface area contributed by atoms with Gasteiger partial charge in [-0.15, -0.1) is 11.8 Å². The van der Waals surface area contributed by atoms with Crippen molar-refractivity contribution in [1.29, 1.82) is 0 Å². The molecule has 0 aliphatic heterocycles. The van der Waals surface area contributed by atoms with Crippen LogP contribution < -0.4 is 10.1 Å². The van der Waals surface area contributed by atoms with Gasteiger partial charge < -0.3 is 15.0 Å². The van der Waals surface area contributed by atoms with Gasteiger partial charge in [0.15, 0.2) is 0 Å². The normalized spacial score (nSPS) is 12.7. The van der Waals surface area contributed by atoms with Crippen molar-refractivity contribution in [2.45, 2.75) is 51.6 Å². The maximum atomic E-state index is 14.2. The Hall–Kier alpha value is -2.54. The van der Waals surface area contributed by atoms with Gasteiger partial charge in [-0.3, -0.25) is 9.59 Å². The second-order valence-electron chi connectivity index (χ2n) is 7.45. The Morgan fingerprint density at radius 3 is 2.42 bits per heavy atom. The molecule has 0 saturated heterocycles. The van der Waals surface area contributed by atoms with Gasteiger partial charge in [0.2, 0.25) is 11.8 Å². The van der Waals surface area contributed by atoms with Gasteiger partial charge >= 0.3 is 0 Å². The number of benzene rings is 2. The molecule has 2 aromatic rings. The van der Waals surface area contributed by atoms with E-state index in [1.807, 2.05) is 38.1 Å². The third kappa shape index (κ3) is 7.58. The molecule has 0 fully saturated rings. The smallest absolute Gasteiger partial charge is 0.242 e. The standard InChI is InChI=1S/C24H31FN2O3S/c1-5-17(2)26-24(29)18(3)27(14-20-8-6-7-9-22(20)25)23(28)16-31-15-19-10-12-21(30-4)13-11-19/h6-13,17-18H,5,14-16H2,1-4H3,(H,26,29)/t17-,18+/m0/s1. The molecule has 0 heterocycles. The molecule has 2 amide bonds. The first-order valence-electron chi connectivity index (χ1n) is 10.4. The summed E-state index contributed by atoms with van der Waals surface area (Å²) >= 11 is 1.46. The van der Waals surface area contributed by atoms with Crippen LogP contribution in [0.25, 0.3) is 0 Å². The minimum atomic E-state index is -0.706. The highest BCUT2D eigenvalue weighted by Crippen LogP contribution is 2.19. The highest BCUT2D eigenvalue weighted by molar-refractivity contribution is 7.99. The molecule has 5 nitrogen and oxygen atoms in total. The zero-order valence-corrected chi connectivity index (χ0v) is 19.4. The lowest BCUT2D eigenvalue weighted by Gasteiger charge is -2.29. The Bertz CT molecular complexity index is 860. The van der Waals surface area contributed by atoms with E-state index in [0.717, 1.165) is 17.7 Å². The highest BCUT2D eigenvalue weighted by atomic mass is 32.2. The van der Waals surface area contributed by atoms with E-state index in [9.17, 15) is 14.0 Å². The van der Waals surface area contributed by atoms with E-state index >= 15 is 0 Å². The molecule has 2 rings (SSSR count). The lowest BCUT2D eigenvalue weighted by Crippen LogP contribution is -2.50. The van der Waals surface area contributed by atoms with Gasteiger partial charge in [0.25, 0.3) is 0 Å². The van der Waals surface area contributed by atoms with Crippen molar-refractivity contribution >= 4 is 23.6 Å². The topological polar surface area (TPSA) is 58.6 Å². The summed E-state index contributed by atoms with van der Waals surface area (Å²) in [6.07, 6.45) is 0.789. The number of rotatable bonds is 11. The highest BCUT2D eigenvalue weighted by Gasteiger charge is 2.27. The van der Waals surface area contributed by atoms with Gasteiger partial charge in [-0.05, 0) is 44.0 Å². The Kier molecular flexibility index (Phi) is 9.85. The number of nitrogens with zero attached hydrogens (tertiary/aromatic N) is 1. The van der Waals surface area contributed by atoms with Crippen LogP contribution in [-0.4, -0.2) is 41.7 Å². The zero-order chi connectivity index (χ0) is 22.8. The molecule has 7 heteroatoms. The van der Waals surface area contributed by atoms with Gasteiger partial charge in [-0.25, -0.2) is 4.39 Å². The van der Waals surface area contributed by atoms with Crippen molar-refractivity contribution in [3.8, 4) is 5.75 Å². The first kappa shape index (κ1) is 24.7. The van der Waals surface area contributed by atoms with Gasteiger partial charge in [0.05, 0.1) is 12.9 Å². The summed E-state index contributed by atoms with van der Waals surface area (Å²) in [5.41, 5.74) is 1.46. The second kappa shape index (κ2) is 12.3. The second-order valence-corrected chi connectivity index (χ2v) is 8.43. The maximum absolute atomic E-state index is 14.2. The Balaban J connectivity index is 2.07. The fraction of sp³-hybridized carbons (Fsp3) is 0.417. The number of halogens is 1. The third-order valence-corrected chi connectivity index (χ3v) is 6.11. The summed E-state index contributed by atoms with van der Waals surface area (Å²) in [7, 11) is 1.62. The van der Waals surface area contributed by atoms with Crippen LogP contribution in [0.4, 0.5) is 4.39 Å². The van der Waals surface area contributed by atoms with Gasteiger partial charge in [0.1, 0.15) is 17.6 Å². The molecule has 1 N–H and O–H groups in total. The molecule has 0 unspecified atom stereocenters. The van der Waals surface area contributed by atoms with E-state index in [4.69, 9.17) is 4.74 Å². The molecule has 0 radical (unpaired) electrons.